The molecule has 1 heterocycles. The number of thiophene rings is 1. The molecule has 9 aromatic carbocycles. The predicted molar refractivity (Wildman–Crippen MR) is 189 cm³/mol. The first-order valence-electron chi connectivity index (χ1n) is 14.6. The standard InChI is InChI=1S/C40H23OPS/c41-42(36-23-30-5-1-2-10-35(30)43-36,33-21-17-28-13-11-24-6-3-8-26-15-19-31(33)39(28)37(24)26)34-22-18-29-14-12-25-7-4-9-27-16-20-32(34)40(29)38(25)27/h1-23H. The third-order valence-corrected chi connectivity index (χ3v) is 14.3. The van der Waals surface area contributed by atoms with Crippen molar-refractivity contribution >= 4 is 108 Å². The van der Waals surface area contributed by atoms with Crippen molar-refractivity contribution in [3.8, 4) is 0 Å². The van der Waals surface area contributed by atoms with Crippen LogP contribution in [0.5, 0.6) is 0 Å². The van der Waals surface area contributed by atoms with Crippen LogP contribution in [0, 0.1) is 0 Å². The van der Waals surface area contributed by atoms with Crippen molar-refractivity contribution in [3.63, 3.8) is 0 Å². The van der Waals surface area contributed by atoms with E-state index in [9.17, 15) is 0 Å². The number of fused-ring (bicyclic) bond motifs is 1. The fourth-order valence-electron chi connectivity index (χ4n) is 7.48. The van der Waals surface area contributed by atoms with Crippen molar-refractivity contribution in [2.75, 3.05) is 0 Å². The van der Waals surface area contributed by atoms with E-state index < -0.39 is 7.14 Å². The molecule has 0 spiro atoms. The average Bonchev–Trinajstić information content (AvgIpc) is 3.51. The topological polar surface area (TPSA) is 17.1 Å². The summed E-state index contributed by atoms with van der Waals surface area (Å²) in [6, 6.07) is 49.8. The number of hydrogen-bond acceptors (Lipinski definition) is 2. The summed E-state index contributed by atoms with van der Waals surface area (Å²) in [4.78, 5) is 0. The molecule has 0 fully saturated rings. The average molecular weight is 583 g/mol. The Hall–Kier alpha value is -4.75. The van der Waals surface area contributed by atoms with Crippen molar-refractivity contribution in [3.05, 3.63) is 140 Å². The van der Waals surface area contributed by atoms with Crippen LogP contribution in [0.1, 0.15) is 0 Å². The van der Waals surface area contributed by atoms with Gasteiger partial charge in [-0.1, -0.05) is 115 Å². The normalized spacial score (nSPS) is 12.7. The van der Waals surface area contributed by atoms with Crippen LogP contribution in [0.25, 0.3) is 74.7 Å². The van der Waals surface area contributed by atoms with Crippen molar-refractivity contribution in [2.45, 2.75) is 0 Å². The van der Waals surface area contributed by atoms with Gasteiger partial charge >= 0.3 is 0 Å². The minimum absolute atomic E-state index is 0.917. The van der Waals surface area contributed by atoms with Gasteiger partial charge in [-0.05, 0) is 94.3 Å². The van der Waals surface area contributed by atoms with E-state index in [-0.39, 0.29) is 0 Å². The lowest BCUT2D eigenvalue weighted by Gasteiger charge is -2.24. The molecule has 0 atom stereocenters. The highest BCUT2D eigenvalue weighted by atomic mass is 32.1. The molecule has 0 saturated carbocycles. The van der Waals surface area contributed by atoms with E-state index in [1.165, 1.54) is 53.9 Å². The van der Waals surface area contributed by atoms with Crippen LogP contribution in [0.3, 0.4) is 0 Å². The molecule has 0 amide bonds. The Morgan fingerprint density at radius 1 is 0.395 bits per heavy atom. The molecule has 10 rings (SSSR count). The molecule has 0 N–H and O–H groups in total. The molecule has 0 aliphatic heterocycles. The van der Waals surface area contributed by atoms with E-state index in [1.807, 2.05) is 0 Å². The maximum atomic E-state index is 16.5. The molecule has 200 valence electrons. The van der Waals surface area contributed by atoms with Crippen LogP contribution in [0.15, 0.2) is 140 Å². The minimum atomic E-state index is -3.35. The molecular weight excluding hydrogens is 559 g/mol. The third-order valence-electron chi connectivity index (χ3n) is 9.41. The van der Waals surface area contributed by atoms with Gasteiger partial charge in [-0.3, -0.25) is 0 Å². The van der Waals surface area contributed by atoms with Gasteiger partial charge in [0.2, 0.25) is 0 Å². The first-order chi connectivity index (χ1) is 21.2. The van der Waals surface area contributed by atoms with E-state index in [0.29, 0.717) is 0 Å². The van der Waals surface area contributed by atoms with E-state index in [2.05, 4.69) is 140 Å². The van der Waals surface area contributed by atoms with Gasteiger partial charge in [0.1, 0.15) is 0 Å². The van der Waals surface area contributed by atoms with Gasteiger partial charge in [-0.25, -0.2) is 0 Å². The zero-order valence-electron chi connectivity index (χ0n) is 23.0. The Morgan fingerprint density at radius 2 is 0.814 bits per heavy atom. The summed E-state index contributed by atoms with van der Waals surface area (Å²) < 4.78 is 18.6. The van der Waals surface area contributed by atoms with Crippen LogP contribution in [-0.2, 0) is 4.57 Å². The largest absolute Gasteiger partial charge is 0.308 e. The summed E-state index contributed by atoms with van der Waals surface area (Å²) >= 11 is 1.67. The van der Waals surface area contributed by atoms with E-state index in [0.717, 1.165) is 36.1 Å². The molecule has 1 nitrogen and oxygen atoms in total. The van der Waals surface area contributed by atoms with Gasteiger partial charge in [0.25, 0.3) is 0 Å². The Morgan fingerprint density at radius 3 is 1.33 bits per heavy atom. The second-order valence-corrected chi connectivity index (χ2v) is 15.7. The highest BCUT2D eigenvalue weighted by Crippen LogP contribution is 2.51. The summed E-state index contributed by atoms with van der Waals surface area (Å²) in [6.45, 7) is 0. The Kier molecular flexibility index (Phi) is 4.65. The highest BCUT2D eigenvalue weighted by molar-refractivity contribution is 7.90. The summed E-state index contributed by atoms with van der Waals surface area (Å²) in [5.41, 5.74) is 0. The van der Waals surface area contributed by atoms with Crippen LogP contribution in [0.2, 0.25) is 0 Å². The summed E-state index contributed by atoms with van der Waals surface area (Å²) in [6.07, 6.45) is 0. The Bertz CT molecular complexity index is 2550. The SMILES string of the molecule is O=P(c1cc2ccccc2s1)(c1ccc2ccc3cccc4ccc1c2c34)c1ccc2ccc3cccc4ccc1c2c34. The minimum Gasteiger partial charge on any atom is -0.308 e. The van der Waals surface area contributed by atoms with Gasteiger partial charge in [-0.15, -0.1) is 11.3 Å². The van der Waals surface area contributed by atoms with Gasteiger partial charge in [-0.2, -0.15) is 0 Å². The lowest BCUT2D eigenvalue weighted by molar-refractivity contribution is 0.593. The first-order valence-corrected chi connectivity index (χ1v) is 17.1. The summed E-state index contributed by atoms with van der Waals surface area (Å²) in [5, 5.41) is 17.2. The van der Waals surface area contributed by atoms with Crippen LogP contribution < -0.4 is 15.2 Å². The second-order valence-electron chi connectivity index (χ2n) is 11.6. The van der Waals surface area contributed by atoms with Crippen molar-refractivity contribution in [2.24, 2.45) is 0 Å². The van der Waals surface area contributed by atoms with Crippen molar-refractivity contribution in [1.29, 1.82) is 0 Å². The lowest BCUT2D eigenvalue weighted by atomic mass is 9.94. The fraction of sp³-hybridized carbons (Fsp3) is 0. The van der Waals surface area contributed by atoms with Crippen LogP contribution >= 0.6 is 18.5 Å². The van der Waals surface area contributed by atoms with Crippen molar-refractivity contribution in [1.82, 2.24) is 0 Å². The maximum absolute atomic E-state index is 16.5. The van der Waals surface area contributed by atoms with E-state index in [4.69, 9.17) is 0 Å². The van der Waals surface area contributed by atoms with Gasteiger partial charge in [0.15, 0.2) is 7.14 Å². The number of benzene rings is 9. The molecule has 10 aromatic rings. The molecular formula is C40H23OPS. The molecule has 0 aliphatic rings. The van der Waals surface area contributed by atoms with Gasteiger partial charge < -0.3 is 4.57 Å². The monoisotopic (exact) mass is 582 g/mol. The molecule has 0 aliphatic carbocycles. The molecule has 43 heavy (non-hydrogen) atoms. The Balaban J connectivity index is 1.39. The second kappa shape index (κ2) is 8.42. The maximum Gasteiger partial charge on any atom is 0.181 e. The van der Waals surface area contributed by atoms with E-state index in [1.54, 1.807) is 11.3 Å². The lowest BCUT2D eigenvalue weighted by Crippen LogP contribution is -2.25. The fourth-order valence-corrected chi connectivity index (χ4v) is 12.4. The van der Waals surface area contributed by atoms with Gasteiger partial charge in [0.05, 0.1) is 4.62 Å². The number of hydrogen-bond donors (Lipinski definition) is 0. The Labute approximate surface area is 251 Å². The molecule has 0 saturated heterocycles. The predicted octanol–water partition coefficient (Wildman–Crippen LogP) is 10.3. The van der Waals surface area contributed by atoms with Crippen LogP contribution in [0.4, 0.5) is 0 Å². The molecule has 1 aromatic heterocycles. The smallest absolute Gasteiger partial charge is 0.181 e. The summed E-state index contributed by atoms with van der Waals surface area (Å²) in [7, 11) is -3.35. The summed E-state index contributed by atoms with van der Waals surface area (Å²) in [5.74, 6) is 0. The van der Waals surface area contributed by atoms with Crippen molar-refractivity contribution < 1.29 is 4.57 Å². The molecule has 3 heteroatoms. The zero-order chi connectivity index (χ0) is 28.3. The zero-order valence-corrected chi connectivity index (χ0v) is 24.8. The molecule has 0 radical (unpaired) electrons. The molecule has 0 unspecified atom stereocenters. The first kappa shape index (κ1) is 23.8. The van der Waals surface area contributed by atoms with Crippen LogP contribution in [-0.4, -0.2) is 0 Å². The van der Waals surface area contributed by atoms with E-state index >= 15 is 4.57 Å². The van der Waals surface area contributed by atoms with Gasteiger partial charge in [0, 0.05) is 15.3 Å². The quantitative estimate of drug-likeness (QED) is 0.150. The number of rotatable bonds is 3. The highest BCUT2D eigenvalue weighted by Gasteiger charge is 2.35. The third kappa shape index (κ3) is 3.10. The molecule has 0 bridgehead atoms.